The van der Waals surface area contributed by atoms with Gasteiger partial charge in [-0.15, -0.1) is 5.92 Å². The highest BCUT2D eigenvalue weighted by Gasteiger charge is 2.08. The quantitative estimate of drug-likeness (QED) is 0.586. The van der Waals surface area contributed by atoms with Crippen molar-refractivity contribution in [3.63, 3.8) is 0 Å². The predicted octanol–water partition coefficient (Wildman–Crippen LogP) is 0.124. The molecule has 0 aromatic rings. The fourth-order valence-corrected chi connectivity index (χ4v) is 0.713. The Morgan fingerprint density at radius 1 is 1.58 bits per heavy atom. The summed E-state index contributed by atoms with van der Waals surface area (Å²) < 4.78 is 0. The van der Waals surface area contributed by atoms with Gasteiger partial charge in [0.25, 0.3) is 0 Å². The van der Waals surface area contributed by atoms with E-state index >= 15 is 0 Å². The van der Waals surface area contributed by atoms with Gasteiger partial charge < -0.3 is 5.32 Å². The molecule has 3 nitrogen and oxygen atoms in total. The van der Waals surface area contributed by atoms with Crippen LogP contribution in [0.1, 0.15) is 20.8 Å². The lowest BCUT2D eigenvalue weighted by molar-refractivity contribution is -0.122. The van der Waals surface area contributed by atoms with Gasteiger partial charge in [-0.05, 0) is 20.8 Å². The molecule has 0 heterocycles. The molecule has 3 heteroatoms. The molecule has 0 aliphatic heterocycles. The van der Waals surface area contributed by atoms with Crippen LogP contribution < -0.4 is 10.6 Å². The first-order valence-corrected chi connectivity index (χ1v) is 4.13. The third-order valence-corrected chi connectivity index (χ3v) is 1.42. The van der Waals surface area contributed by atoms with Gasteiger partial charge in [-0.2, -0.15) is 0 Å². The van der Waals surface area contributed by atoms with Gasteiger partial charge in [-0.25, -0.2) is 0 Å². The molecule has 0 aromatic heterocycles. The average molecular weight is 168 g/mol. The molecule has 68 valence electrons. The van der Waals surface area contributed by atoms with Crippen LogP contribution in [0, 0.1) is 11.8 Å². The highest BCUT2D eigenvalue weighted by Crippen LogP contribution is 1.79. The molecule has 1 atom stereocenters. The van der Waals surface area contributed by atoms with E-state index in [2.05, 4.69) is 22.5 Å². The molecule has 0 aliphatic carbocycles. The van der Waals surface area contributed by atoms with Crippen LogP contribution >= 0.6 is 0 Å². The molecule has 0 rings (SSSR count). The van der Waals surface area contributed by atoms with Gasteiger partial charge in [-0.1, -0.05) is 5.92 Å². The summed E-state index contributed by atoms with van der Waals surface area (Å²) in [5.41, 5.74) is 0. The molecule has 0 fully saturated rings. The lowest BCUT2D eigenvalue weighted by Crippen LogP contribution is -2.42. The summed E-state index contributed by atoms with van der Waals surface area (Å²) in [6, 6.07) is -0.161. The molecular weight excluding hydrogens is 152 g/mol. The Kier molecular flexibility index (Phi) is 6.12. The zero-order chi connectivity index (χ0) is 9.40. The van der Waals surface area contributed by atoms with Crippen LogP contribution in [0.4, 0.5) is 0 Å². The smallest absolute Gasteiger partial charge is 0.236 e. The van der Waals surface area contributed by atoms with Gasteiger partial charge in [0.15, 0.2) is 0 Å². The second-order valence-corrected chi connectivity index (χ2v) is 2.42. The molecule has 1 unspecified atom stereocenters. The minimum Gasteiger partial charge on any atom is -0.355 e. The Morgan fingerprint density at radius 3 is 2.75 bits per heavy atom. The largest absolute Gasteiger partial charge is 0.355 e. The van der Waals surface area contributed by atoms with Crippen LogP contribution in [0.5, 0.6) is 0 Å². The van der Waals surface area contributed by atoms with Gasteiger partial charge in [-0.3, -0.25) is 10.1 Å². The molecule has 1 amide bonds. The van der Waals surface area contributed by atoms with Crippen molar-refractivity contribution in [3.05, 3.63) is 0 Å². The van der Waals surface area contributed by atoms with Crippen molar-refractivity contribution in [2.24, 2.45) is 0 Å². The van der Waals surface area contributed by atoms with Crippen LogP contribution in [0.25, 0.3) is 0 Å². The third kappa shape index (κ3) is 4.75. The van der Waals surface area contributed by atoms with Gasteiger partial charge in [0, 0.05) is 6.54 Å². The zero-order valence-corrected chi connectivity index (χ0v) is 7.90. The number of rotatable bonds is 4. The van der Waals surface area contributed by atoms with Crippen molar-refractivity contribution in [2.75, 3.05) is 13.1 Å². The van der Waals surface area contributed by atoms with Crippen molar-refractivity contribution < 1.29 is 4.79 Å². The van der Waals surface area contributed by atoms with E-state index in [0.717, 1.165) is 0 Å². The second kappa shape index (κ2) is 6.68. The molecule has 2 N–H and O–H groups in total. The molecule has 0 saturated carbocycles. The van der Waals surface area contributed by atoms with E-state index in [1.165, 1.54) is 0 Å². The highest BCUT2D eigenvalue weighted by molar-refractivity contribution is 5.81. The van der Waals surface area contributed by atoms with Crippen LogP contribution in [0.15, 0.2) is 0 Å². The van der Waals surface area contributed by atoms with Crippen molar-refractivity contribution in [1.29, 1.82) is 0 Å². The number of carbonyl (C=O) groups excluding carboxylic acids is 1. The van der Waals surface area contributed by atoms with E-state index in [-0.39, 0.29) is 11.9 Å². The van der Waals surface area contributed by atoms with Crippen LogP contribution in [-0.4, -0.2) is 25.0 Å². The fraction of sp³-hybridized carbons (Fsp3) is 0.667. The summed E-state index contributed by atoms with van der Waals surface area (Å²) in [6.45, 7) is 6.73. The van der Waals surface area contributed by atoms with E-state index in [0.29, 0.717) is 13.1 Å². The van der Waals surface area contributed by atoms with Crippen molar-refractivity contribution in [1.82, 2.24) is 10.6 Å². The van der Waals surface area contributed by atoms with Crippen LogP contribution in [0.2, 0.25) is 0 Å². The number of nitrogens with one attached hydrogen (secondary N) is 2. The maximum atomic E-state index is 11.1. The van der Waals surface area contributed by atoms with E-state index in [4.69, 9.17) is 0 Å². The molecule has 12 heavy (non-hydrogen) atoms. The number of amides is 1. The van der Waals surface area contributed by atoms with Crippen molar-refractivity contribution in [2.45, 2.75) is 26.8 Å². The van der Waals surface area contributed by atoms with Crippen LogP contribution in [-0.2, 0) is 4.79 Å². The van der Waals surface area contributed by atoms with E-state index in [1.807, 2.05) is 13.8 Å². The molecule has 0 spiro atoms. The summed E-state index contributed by atoms with van der Waals surface area (Å²) in [7, 11) is 0. The van der Waals surface area contributed by atoms with Crippen molar-refractivity contribution >= 4 is 5.91 Å². The van der Waals surface area contributed by atoms with E-state index in [1.54, 1.807) is 6.92 Å². The maximum absolute atomic E-state index is 11.1. The highest BCUT2D eigenvalue weighted by atomic mass is 16.2. The zero-order valence-electron chi connectivity index (χ0n) is 7.90. The Morgan fingerprint density at radius 2 is 2.25 bits per heavy atom. The number of hydrogen-bond acceptors (Lipinski definition) is 2. The van der Waals surface area contributed by atoms with Crippen molar-refractivity contribution in [3.8, 4) is 11.8 Å². The monoisotopic (exact) mass is 168 g/mol. The minimum atomic E-state index is -0.161. The standard InChI is InChI=1S/C9H16N2O/c1-4-6-7-11-8(3)9(12)10-5-2/h8,11H,5,7H2,1-3H3,(H,10,12). The van der Waals surface area contributed by atoms with E-state index in [9.17, 15) is 4.79 Å². The summed E-state index contributed by atoms with van der Waals surface area (Å²) in [4.78, 5) is 11.1. The number of carbonyl (C=O) groups is 1. The lowest BCUT2D eigenvalue weighted by atomic mass is 10.3. The topological polar surface area (TPSA) is 41.1 Å². The lowest BCUT2D eigenvalue weighted by Gasteiger charge is -2.10. The first kappa shape index (κ1) is 11.0. The summed E-state index contributed by atoms with van der Waals surface area (Å²) in [5, 5.41) is 5.71. The molecule has 0 radical (unpaired) electrons. The fourth-order valence-electron chi connectivity index (χ4n) is 0.713. The first-order valence-electron chi connectivity index (χ1n) is 4.13. The third-order valence-electron chi connectivity index (χ3n) is 1.42. The predicted molar refractivity (Wildman–Crippen MR) is 49.6 cm³/mol. The first-order chi connectivity index (χ1) is 5.72. The van der Waals surface area contributed by atoms with E-state index < -0.39 is 0 Å². The Labute approximate surface area is 73.9 Å². The average Bonchev–Trinajstić information content (AvgIpc) is 2.05. The molecule has 0 bridgehead atoms. The minimum absolute atomic E-state index is 0.0235. The number of likely N-dealkylation sites (N-methyl/N-ethyl adjacent to an activating group) is 1. The normalized spacial score (nSPS) is 11.2. The van der Waals surface area contributed by atoms with Gasteiger partial charge in [0.2, 0.25) is 5.91 Å². The van der Waals surface area contributed by atoms with Gasteiger partial charge in [0.1, 0.15) is 0 Å². The summed E-state index contributed by atoms with van der Waals surface area (Å²) in [5.74, 6) is 5.61. The Hall–Kier alpha value is -1.01. The van der Waals surface area contributed by atoms with Gasteiger partial charge >= 0.3 is 0 Å². The second-order valence-electron chi connectivity index (χ2n) is 2.42. The summed E-state index contributed by atoms with van der Waals surface area (Å²) in [6.07, 6.45) is 0. The molecule has 0 aliphatic rings. The number of hydrogen-bond donors (Lipinski definition) is 2. The Balaban J connectivity index is 3.61. The molecule has 0 saturated heterocycles. The van der Waals surface area contributed by atoms with Crippen LogP contribution in [0.3, 0.4) is 0 Å². The van der Waals surface area contributed by atoms with Gasteiger partial charge in [0.05, 0.1) is 12.6 Å². The SMILES string of the molecule is CC#CCNC(C)C(=O)NCC. The summed E-state index contributed by atoms with van der Waals surface area (Å²) >= 11 is 0. The Bertz CT molecular complexity index is 190. The maximum Gasteiger partial charge on any atom is 0.236 e. The molecular formula is C9H16N2O. The molecule has 0 aromatic carbocycles.